The molecule has 29 heavy (non-hydrogen) atoms. The van der Waals surface area contributed by atoms with Gasteiger partial charge in [-0.3, -0.25) is 14.7 Å². The van der Waals surface area contributed by atoms with E-state index >= 15 is 0 Å². The topological polar surface area (TPSA) is 46.1 Å². The summed E-state index contributed by atoms with van der Waals surface area (Å²) in [5.74, 6) is 0.171. The number of hydrogen-bond donors (Lipinski definition) is 0. The molecule has 2 aromatic carbocycles. The lowest BCUT2D eigenvalue weighted by Gasteiger charge is -2.20. The minimum atomic E-state index is -0.176. The molecular formula is C23H20ClN3OS. The van der Waals surface area contributed by atoms with Gasteiger partial charge in [-0.2, -0.15) is 0 Å². The predicted molar refractivity (Wildman–Crippen MR) is 120 cm³/mol. The van der Waals surface area contributed by atoms with Crippen molar-refractivity contribution >= 4 is 44.2 Å². The van der Waals surface area contributed by atoms with Gasteiger partial charge >= 0.3 is 0 Å². The van der Waals surface area contributed by atoms with Gasteiger partial charge in [-0.25, -0.2) is 4.98 Å². The number of rotatable bonds is 5. The number of benzene rings is 2. The van der Waals surface area contributed by atoms with Gasteiger partial charge in [0.25, 0.3) is 5.91 Å². The highest BCUT2D eigenvalue weighted by Gasteiger charge is 2.24. The van der Waals surface area contributed by atoms with Gasteiger partial charge in [0, 0.05) is 12.4 Å². The second-order valence-electron chi connectivity index (χ2n) is 7.08. The largest absolute Gasteiger partial charge is 0.279 e. The van der Waals surface area contributed by atoms with E-state index < -0.39 is 0 Å². The Balaban J connectivity index is 1.82. The Morgan fingerprint density at radius 2 is 1.93 bits per heavy atom. The number of amides is 1. The molecule has 4 nitrogen and oxygen atoms in total. The summed E-state index contributed by atoms with van der Waals surface area (Å²) in [5.41, 5.74) is 3.51. The van der Waals surface area contributed by atoms with Crippen LogP contribution in [0.1, 0.15) is 41.3 Å². The molecule has 2 aromatic heterocycles. The number of aromatic nitrogens is 2. The van der Waals surface area contributed by atoms with Crippen LogP contribution in [0.15, 0.2) is 67.0 Å². The van der Waals surface area contributed by atoms with E-state index in [0.717, 1.165) is 15.8 Å². The summed E-state index contributed by atoms with van der Waals surface area (Å²) in [6, 6.07) is 17.1. The van der Waals surface area contributed by atoms with Crippen LogP contribution in [0.25, 0.3) is 10.2 Å². The van der Waals surface area contributed by atoms with Crippen molar-refractivity contribution in [3.05, 3.63) is 88.7 Å². The minimum Gasteiger partial charge on any atom is -0.279 e. The zero-order chi connectivity index (χ0) is 20.4. The molecule has 0 atom stereocenters. The maximum absolute atomic E-state index is 13.5. The van der Waals surface area contributed by atoms with Gasteiger partial charge in [0.2, 0.25) is 0 Å². The van der Waals surface area contributed by atoms with Crippen LogP contribution in [0.3, 0.4) is 0 Å². The molecule has 0 saturated heterocycles. The molecule has 0 bridgehead atoms. The molecular weight excluding hydrogens is 402 g/mol. The number of halogens is 1. The van der Waals surface area contributed by atoms with E-state index in [1.165, 1.54) is 16.9 Å². The standard InChI is InChI=1S/C23H20ClN3OS/c1-15(2)17-9-5-11-20-21(17)26-23(29-20)27(14-16-7-6-12-25-13-16)22(28)18-8-3-4-10-19(18)24/h3-13,15H,14H2,1-2H3. The van der Waals surface area contributed by atoms with Crippen LogP contribution >= 0.6 is 22.9 Å². The van der Waals surface area contributed by atoms with Crippen LogP contribution < -0.4 is 4.90 Å². The number of hydrogen-bond acceptors (Lipinski definition) is 4. The van der Waals surface area contributed by atoms with Gasteiger partial charge in [-0.15, -0.1) is 0 Å². The zero-order valence-electron chi connectivity index (χ0n) is 16.2. The average Bonchev–Trinajstić information content (AvgIpc) is 3.16. The summed E-state index contributed by atoms with van der Waals surface area (Å²) in [4.78, 5) is 24.2. The summed E-state index contributed by atoms with van der Waals surface area (Å²) in [7, 11) is 0. The van der Waals surface area contributed by atoms with Crippen molar-refractivity contribution < 1.29 is 4.79 Å². The zero-order valence-corrected chi connectivity index (χ0v) is 17.7. The summed E-state index contributed by atoms with van der Waals surface area (Å²) in [5, 5.41) is 1.08. The third-order valence-corrected chi connectivity index (χ3v) is 6.08. The predicted octanol–water partition coefficient (Wildman–Crippen LogP) is 6.32. The summed E-state index contributed by atoms with van der Waals surface area (Å²) < 4.78 is 1.06. The van der Waals surface area contributed by atoms with Crippen LogP contribution in [0, 0.1) is 0 Å². The molecule has 0 aliphatic carbocycles. The lowest BCUT2D eigenvalue weighted by Crippen LogP contribution is -2.30. The summed E-state index contributed by atoms with van der Waals surface area (Å²) in [6.45, 7) is 4.67. The number of thiazole rings is 1. The van der Waals surface area contributed by atoms with Crippen molar-refractivity contribution in [2.75, 3.05) is 4.90 Å². The van der Waals surface area contributed by atoms with Crippen LogP contribution in [0.2, 0.25) is 5.02 Å². The molecule has 0 aliphatic heterocycles. The van der Waals surface area contributed by atoms with E-state index in [2.05, 4.69) is 24.9 Å². The van der Waals surface area contributed by atoms with Crippen molar-refractivity contribution in [1.29, 1.82) is 0 Å². The first kappa shape index (κ1) is 19.6. The van der Waals surface area contributed by atoms with E-state index in [9.17, 15) is 4.79 Å². The Hall–Kier alpha value is -2.76. The molecule has 6 heteroatoms. The highest BCUT2D eigenvalue weighted by Crippen LogP contribution is 2.35. The number of pyridine rings is 1. The van der Waals surface area contributed by atoms with Gasteiger partial charge in [0.05, 0.1) is 27.3 Å². The third kappa shape index (κ3) is 4.02. The molecule has 0 aliphatic rings. The lowest BCUT2D eigenvalue weighted by atomic mass is 10.0. The number of anilines is 1. The van der Waals surface area contributed by atoms with Gasteiger partial charge in [-0.05, 0) is 41.3 Å². The molecule has 2 heterocycles. The van der Waals surface area contributed by atoms with Gasteiger partial charge in [0.15, 0.2) is 5.13 Å². The summed E-state index contributed by atoms with van der Waals surface area (Å²) in [6.07, 6.45) is 3.48. The number of carbonyl (C=O) groups is 1. The molecule has 146 valence electrons. The first-order valence-electron chi connectivity index (χ1n) is 9.39. The first-order chi connectivity index (χ1) is 14.0. The molecule has 0 unspecified atom stereocenters. The molecule has 4 aromatic rings. The van der Waals surface area contributed by atoms with Gasteiger partial charge < -0.3 is 0 Å². The Labute approximate surface area is 178 Å². The molecule has 4 rings (SSSR count). The van der Waals surface area contributed by atoms with Crippen LogP contribution in [0.4, 0.5) is 5.13 Å². The van der Waals surface area contributed by atoms with Crippen molar-refractivity contribution in [3.63, 3.8) is 0 Å². The van der Waals surface area contributed by atoms with Crippen molar-refractivity contribution in [1.82, 2.24) is 9.97 Å². The van der Waals surface area contributed by atoms with E-state index in [4.69, 9.17) is 16.6 Å². The molecule has 0 radical (unpaired) electrons. The molecule has 0 spiro atoms. The monoisotopic (exact) mass is 421 g/mol. The van der Waals surface area contributed by atoms with Crippen molar-refractivity contribution in [2.45, 2.75) is 26.3 Å². The van der Waals surface area contributed by atoms with Crippen molar-refractivity contribution in [3.8, 4) is 0 Å². The Morgan fingerprint density at radius 3 is 2.66 bits per heavy atom. The minimum absolute atomic E-state index is 0.176. The second kappa shape index (κ2) is 8.31. The third-order valence-electron chi connectivity index (χ3n) is 4.70. The van der Waals surface area contributed by atoms with E-state index in [-0.39, 0.29) is 5.91 Å². The maximum Gasteiger partial charge on any atom is 0.261 e. The molecule has 0 saturated carbocycles. The van der Waals surface area contributed by atoms with Gasteiger partial charge in [-0.1, -0.05) is 67.1 Å². The average molecular weight is 422 g/mol. The van der Waals surface area contributed by atoms with E-state index in [1.807, 2.05) is 36.4 Å². The lowest BCUT2D eigenvalue weighted by molar-refractivity contribution is 0.0985. The van der Waals surface area contributed by atoms with Gasteiger partial charge in [0.1, 0.15) is 0 Å². The second-order valence-corrected chi connectivity index (χ2v) is 8.49. The van der Waals surface area contributed by atoms with Crippen LogP contribution in [-0.2, 0) is 6.54 Å². The smallest absolute Gasteiger partial charge is 0.261 e. The number of para-hydroxylation sites is 1. The normalized spacial score (nSPS) is 11.2. The highest BCUT2D eigenvalue weighted by molar-refractivity contribution is 7.22. The SMILES string of the molecule is CC(C)c1cccc2sc(N(Cc3cccnc3)C(=O)c3ccccc3Cl)nc12. The van der Waals surface area contributed by atoms with Crippen LogP contribution in [-0.4, -0.2) is 15.9 Å². The van der Waals surface area contributed by atoms with E-state index in [0.29, 0.717) is 28.2 Å². The fourth-order valence-electron chi connectivity index (χ4n) is 3.22. The van der Waals surface area contributed by atoms with Crippen molar-refractivity contribution in [2.24, 2.45) is 0 Å². The number of nitrogens with zero attached hydrogens (tertiary/aromatic N) is 3. The van der Waals surface area contributed by atoms with E-state index in [1.54, 1.807) is 29.4 Å². The number of fused-ring (bicyclic) bond motifs is 1. The van der Waals surface area contributed by atoms with Crippen LogP contribution in [0.5, 0.6) is 0 Å². The fraction of sp³-hybridized carbons (Fsp3) is 0.174. The quantitative estimate of drug-likeness (QED) is 0.379. The molecule has 1 amide bonds. The molecule has 0 N–H and O–H groups in total. The Kier molecular flexibility index (Phi) is 5.60. The Bertz CT molecular complexity index is 1160. The Morgan fingerprint density at radius 1 is 1.10 bits per heavy atom. The highest BCUT2D eigenvalue weighted by atomic mass is 35.5. The number of carbonyl (C=O) groups excluding carboxylic acids is 1. The molecule has 0 fully saturated rings. The first-order valence-corrected chi connectivity index (χ1v) is 10.6. The summed E-state index contributed by atoms with van der Waals surface area (Å²) >= 11 is 7.84. The maximum atomic E-state index is 13.5. The fourth-order valence-corrected chi connectivity index (χ4v) is 4.43.